The van der Waals surface area contributed by atoms with Crippen LogP contribution in [0.15, 0.2) is 0 Å². The first-order valence-electron chi connectivity index (χ1n) is 5.48. The average Bonchev–Trinajstić information content (AvgIpc) is 1.98. The van der Waals surface area contributed by atoms with Crippen molar-refractivity contribution in [1.82, 2.24) is 10.6 Å². The van der Waals surface area contributed by atoms with E-state index in [1.807, 2.05) is 20.8 Å². The van der Waals surface area contributed by atoms with Gasteiger partial charge in [-0.3, -0.25) is 4.79 Å². The molecule has 15 heavy (non-hydrogen) atoms. The van der Waals surface area contributed by atoms with Crippen LogP contribution >= 0.6 is 0 Å². The van der Waals surface area contributed by atoms with Gasteiger partial charge in [0, 0.05) is 18.7 Å². The minimum Gasteiger partial charge on any atom is -0.381 e. The molecule has 0 unspecified atom stereocenters. The number of nitrogens with one attached hydrogen (secondary N) is 2. The average molecular weight is 214 g/mol. The lowest BCUT2D eigenvalue weighted by molar-refractivity contribution is -0.122. The summed E-state index contributed by atoms with van der Waals surface area (Å²) in [7, 11) is 1.73. The molecule has 1 rings (SSSR count). The van der Waals surface area contributed by atoms with Crippen LogP contribution in [-0.4, -0.2) is 37.2 Å². The van der Waals surface area contributed by atoms with Crippen LogP contribution in [-0.2, 0) is 9.53 Å². The summed E-state index contributed by atoms with van der Waals surface area (Å²) in [5, 5.41) is 6.13. The van der Waals surface area contributed by atoms with Gasteiger partial charge in [-0.25, -0.2) is 0 Å². The number of methoxy groups -OCH3 is 1. The van der Waals surface area contributed by atoms with Crippen molar-refractivity contribution in [2.24, 2.45) is 0 Å². The Balaban J connectivity index is 2.08. The molecule has 0 atom stereocenters. The normalized spacial score (nSPS) is 25.9. The van der Waals surface area contributed by atoms with Gasteiger partial charge in [0.15, 0.2) is 0 Å². The molecule has 1 aliphatic rings. The van der Waals surface area contributed by atoms with E-state index in [9.17, 15) is 4.79 Å². The molecule has 0 saturated heterocycles. The van der Waals surface area contributed by atoms with E-state index < -0.39 is 0 Å². The molecular formula is C11H22N2O2. The quantitative estimate of drug-likeness (QED) is 0.723. The van der Waals surface area contributed by atoms with Gasteiger partial charge >= 0.3 is 0 Å². The summed E-state index contributed by atoms with van der Waals surface area (Å²) >= 11 is 0. The van der Waals surface area contributed by atoms with Crippen molar-refractivity contribution in [2.75, 3.05) is 13.7 Å². The topological polar surface area (TPSA) is 50.4 Å². The molecule has 1 saturated carbocycles. The Bertz CT molecular complexity index is 217. The smallest absolute Gasteiger partial charge is 0.234 e. The van der Waals surface area contributed by atoms with Crippen molar-refractivity contribution in [3.8, 4) is 0 Å². The second kappa shape index (κ2) is 4.94. The summed E-state index contributed by atoms with van der Waals surface area (Å²) in [4.78, 5) is 11.4. The zero-order chi connectivity index (χ0) is 11.5. The van der Waals surface area contributed by atoms with E-state index in [0.717, 1.165) is 12.8 Å². The Morgan fingerprint density at radius 1 is 1.40 bits per heavy atom. The number of amides is 1. The molecule has 1 fully saturated rings. The van der Waals surface area contributed by atoms with E-state index in [-0.39, 0.29) is 11.4 Å². The van der Waals surface area contributed by atoms with Gasteiger partial charge in [-0.2, -0.15) is 0 Å². The van der Waals surface area contributed by atoms with Crippen LogP contribution in [0.2, 0.25) is 0 Å². The standard InChI is InChI=1S/C11H22N2O2/c1-11(2,3)13-10(14)7-12-8-5-9(6-8)15-4/h8-9,12H,5-7H2,1-4H3,(H,13,14). The minimum atomic E-state index is -0.145. The Morgan fingerprint density at radius 2 is 2.00 bits per heavy atom. The fraction of sp³-hybridized carbons (Fsp3) is 0.909. The molecule has 0 radical (unpaired) electrons. The Labute approximate surface area is 91.8 Å². The van der Waals surface area contributed by atoms with Gasteiger partial charge in [-0.05, 0) is 33.6 Å². The van der Waals surface area contributed by atoms with E-state index in [2.05, 4.69) is 10.6 Å². The first-order chi connectivity index (χ1) is 6.90. The van der Waals surface area contributed by atoms with Gasteiger partial charge in [0.05, 0.1) is 12.6 Å². The number of hydrogen-bond acceptors (Lipinski definition) is 3. The molecule has 4 nitrogen and oxygen atoms in total. The predicted octanol–water partition coefficient (Wildman–Crippen LogP) is 0.668. The van der Waals surface area contributed by atoms with Crippen molar-refractivity contribution in [2.45, 2.75) is 51.3 Å². The van der Waals surface area contributed by atoms with Gasteiger partial charge in [-0.1, -0.05) is 0 Å². The van der Waals surface area contributed by atoms with E-state index in [1.165, 1.54) is 0 Å². The van der Waals surface area contributed by atoms with E-state index >= 15 is 0 Å². The van der Waals surface area contributed by atoms with Crippen LogP contribution in [0.5, 0.6) is 0 Å². The number of ether oxygens (including phenoxy) is 1. The van der Waals surface area contributed by atoms with E-state index in [0.29, 0.717) is 18.7 Å². The van der Waals surface area contributed by atoms with Crippen molar-refractivity contribution >= 4 is 5.91 Å². The molecule has 2 N–H and O–H groups in total. The molecule has 4 heteroatoms. The summed E-state index contributed by atoms with van der Waals surface area (Å²) in [6.45, 7) is 6.35. The Hall–Kier alpha value is -0.610. The molecule has 0 bridgehead atoms. The summed E-state index contributed by atoms with van der Waals surface area (Å²) < 4.78 is 5.16. The van der Waals surface area contributed by atoms with Crippen LogP contribution < -0.4 is 10.6 Å². The Morgan fingerprint density at radius 3 is 2.47 bits per heavy atom. The lowest BCUT2D eigenvalue weighted by Gasteiger charge is -2.34. The van der Waals surface area contributed by atoms with Gasteiger partial charge in [0.25, 0.3) is 0 Å². The zero-order valence-corrected chi connectivity index (χ0v) is 10.1. The molecule has 1 aliphatic carbocycles. The van der Waals surface area contributed by atoms with Gasteiger partial charge in [-0.15, -0.1) is 0 Å². The highest BCUT2D eigenvalue weighted by Crippen LogP contribution is 2.21. The maximum atomic E-state index is 11.4. The number of carbonyl (C=O) groups is 1. The van der Waals surface area contributed by atoms with Crippen molar-refractivity contribution < 1.29 is 9.53 Å². The monoisotopic (exact) mass is 214 g/mol. The lowest BCUT2D eigenvalue weighted by Crippen LogP contribution is -2.50. The minimum absolute atomic E-state index is 0.0587. The maximum Gasteiger partial charge on any atom is 0.234 e. The van der Waals surface area contributed by atoms with Crippen LogP contribution in [0.1, 0.15) is 33.6 Å². The SMILES string of the molecule is COC1CC(NCC(=O)NC(C)(C)C)C1. The summed E-state index contributed by atoms with van der Waals surface area (Å²) in [5.41, 5.74) is -0.145. The third-order valence-corrected chi connectivity index (χ3v) is 2.49. The number of hydrogen-bond donors (Lipinski definition) is 2. The molecule has 0 aromatic carbocycles. The summed E-state index contributed by atoms with van der Waals surface area (Å²) in [5.74, 6) is 0.0587. The molecule has 0 heterocycles. The first-order valence-corrected chi connectivity index (χ1v) is 5.48. The molecule has 0 aromatic rings. The highest BCUT2D eigenvalue weighted by atomic mass is 16.5. The van der Waals surface area contributed by atoms with Crippen molar-refractivity contribution in [1.29, 1.82) is 0 Å². The second-order valence-electron chi connectivity index (χ2n) is 5.21. The maximum absolute atomic E-state index is 11.4. The van der Waals surface area contributed by atoms with E-state index in [4.69, 9.17) is 4.74 Å². The van der Waals surface area contributed by atoms with Gasteiger partial charge in [0.2, 0.25) is 5.91 Å². The molecule has 88 valence electrons. The molecular weight excluding hydrogens is 192 g/mol. The third kappa shape index (κ3) is 4.62. The third-order valence-electron chi connectivity index (χ3n) is 2.49. The van der Waals surface area contributed by atoms with Crippen molar-refractivity contribution in [3.63, 3.8) is 0 Å². The predicted molar refractivity (Wildman–Crippen MR) is 59.7 cm³/mol. The fourth-order valence-corrected chi connectivity index (χ4v) is 1.62. The molecule has 0 aliphatic heterocycles. The highest BCUT2D eigenvalue weighted by Gasteiger charge is 2.28. The van der Waals surface area contributed by atoms with Crippen LogP contribution in [0.25, 0.3) is 0 Å². The number of rotatable bonds is 4. The number of carbonyl (C=O) groups excluding carboxylic acids is 1. The first kappa shape index (κ1) is 12.5. The van der Waals surface area contributed by atoms with Crippen LogP contribution in [0, 0.1) is 0 Å². The van der Waals surface area contributed by atoms with E-state index in [1.54, 1.807) is 7.11 Å². The van der Waals surface area contributed by atoms with Crippen LogP contribution in [0.3, 0.4) is 0 Å². The van der Waals surface area contributed by atoms with Crippen LogP contribution in [0.4, 0.5) is 0 Å². The molecule has 1 amide bonds. The fourth-order valence-electron chi connectivity index (χ4n) is 1.62. The second-order valence-corrected chi connectivity index (χ2v) is 5.21. The molecule has 0 spiro atoms. The largest absolute Gasteiger partial charge is 0.381 e. The summed E-state index contributed by atoms with van der Waals surface area (Å²) in [6, 6.07) is 0.445. The van der Waals surface area contributed by atoms with Gasteiger partial charge in [0.1, 0.15) is 0 Å². The molecule has 0 aromatic heterocycles. The zero-order valence-electron chi connectivity index (χ0n) is 10.1. The van der Waals surface area contributed by atoms with Crippen molar-refractivity contribution in [3.05, 3.63) is 0 Å². The Kier molecular flexibility index (Phi) is 4.11. The highest BCUT2D eigenvalue weighted by molar-refractivity contribution is 5.78. The summed E-state index contributed by atoms with van der Waals surface area (Å²) in [6.07, 6.45) is 2.41. The van der Waals surface area contributed by atoms with Gasteiger partial charge < -0.3 is 15.4 Å². The lowest BCUT2D eigenvalue weighted by atomic mass is 9.89.